The van der Waals surface area contributed by atoms with Gasteiger partial charge in [-0.1, -0.05) is 12.1 Å². The van der Waals surface area contributed by atoms with Crippen molar-refractivity contribution in [3.05, 3.63) is 36.3 Å². The molecule has 0 bridgehead atoms. The van der Waals surface area contributed by atoms with Crippen LogP contribution in [-0.4, -0.2) is 29.2 Å². The summed E-state index contributed by atoms with van der Waals surface area (Å²) >= 11 is 0. The average Bonchev–Trinajstić information content (AvgIpc) is 2.86. The fourth-order valence-corrected chi connectivity index (χ4v) is 1.98. The number of nitrogens with zero attached hydrogens (tertiary/aromatic N) is 1. The Morgan fingerprint density at radius 2 is 2.10 bits per heavy atom. The van der Waals surface area contributed by atoms with Gasteiger partial charge in [0, 0.05) is 24.1 Å². The molecule has 4 nitrogen and oxygen atoms in total. The number of nitrogens with one attached hydrogen (secondary N) is 2. The number of aromatic nitrogens is 2. The summed E-state index contributed by atoms with van der Waals surface area (Å²) in [6.45, 7) is 7.40. The number of imidazole rings is 1. The van der Waals surface area contributed by atoms with Crippen molar-refractivity contribution in [2.24, 2.45) is 0 Å². The molecule has 0 aliphatic rings. The van der Waals surface area contributed by atoms with Gasteiger partial charge in [-0.2, -0.15) is 0 Å². The molecule has 2 N–H and O–H groups in total. The number of aromatic amines is 1. The van der Waals surface area contributed by atoms with E-state index in [-0.39, 0.29) is 5.54 Å². The third-order valence-electron chi connectivity index (χ3n) is 3.03. The lowest BCUT2D eigenvalue weighted by atomic mass is 10.1. The Kier molecular flexibility index (Phi) is 4.45. The van der Waals surface area contributed by atoms with Crippen molar-refractivity contribution in [2.75, 3.05) is 13.7 Å². The third-order valence-corrected chi connectivity index (χ3v) is 3.03. The monoisotopic (exact) mass is 273 g/mol. The first-order chi connectivity index (χ1) is 9.48. The van der Waals surface area contributed by atoms with Crippen LogP contribution in [0.5, 0.6) is 5.75 Å². The number of hydrogen-bond acceptors (Lipinski definition) is 3. The normalized spacial score (nSPS) is 11.6. The summed E-state index contributed by atoms with van der Waals surface area (Å²) in [5.74, 6) is 1.85. The summed E-state index contributed by atoms with van der Waals surface area (Å²) in [4.78, 5) is 7.79. The molecule has 0 saturated carbocycles. The highest BCUT2D eigenvalue weighted by Gasteiger charge is 2.09. The lowest BCUT2D eigenvalue weighted by Crippen LogP contribution is -2.37. The number of rotatable bonds is 5. The molecule has 2 aromatic rings. The lowest BCUT2D eigenvalue weighted by molar-refractivity contribution is 0.415. The third kappa shape index (κ3) is 4.10. The van der Waals surface area contributed by atoms with Gasteiger partial charge in [0.25, 0.3) is 0 Å². The maximum atomic E-state index is 5.24. The fraction of sp³-hybridized carbons (Fsp3) is 0.438. The number of benzene rings is 1. The van der Waals surface area contributed by atoms with Crippen molar-refractivity contribution in [3.63, 3.8) is 0 Å². The predicted molar refractivity (Wildman–Crippen MR) is 82.0 cm³/mol. The standard InChI is InChI=1S/C16H23N3O/c1-16(2,3)18-9-8-15-17-11-14(19-15)12-6-5-7-13(10-12)20-4/h5-7,10-11,18H,8-9H2,1-4H3,(H,17,19). The molecule has 0 aliphatic carbocycles. The fourth-order valence-electron chi connectivity index (χ4n) is 1.98. The Hall–Kier alpha value is -1.81. The molecule has 1 aromatic carbocycles. The van der Waals surface area contributed by atoms with E-state index in [1.54, 1.807) is 7.11 Å². The molecular weight excluding hydrogens is 250 g/mol. The number of hydrogen-bond donors (Lipinski definition) is 2. The topological polar surface area (TPSA) is 49.9 Å². The number of ether oxygens (including phenoxy) is 1. The highest BCUT2D eigenvalue weighted by Crippen LogP contribution is 2.22. The molecule has 0 amide bonds. The van der Waals surface area contributed by atoms with Gasteiger partial charge < -0.3 is 15.0 Å². The number of H-pyrrole nitrogens is 1. The first kappa shape index (κ1) is 14.6. The van der Waals surface area contributed by atoms with Crippen LogP contribution in [-0.2, 0) is 6.42 Å². The maximum absolute atomic E-state index is 5.24. The van der Waals surface area contributed by atoms with Gasteiger partial charge in [0.15, 0.2) is 0 Å². The van der Waals surface area contributed by atoms with Crippen molar-refractivity contribution in [1.82, 2.24) is 15.3 Å². The highest BCUT2D eigenvalue weighted by molar-refractivity contribution is 5.60. The summed E-state index contributed by atoms with van der Waals surface area (Å²) in [6, 6.07) is 7.97. The highest BCUT2D eigenvalue weighted by atomic mass is 16.5. The Balaban J connectivity index is 2.01. The molecule has 2 rings (SSSR count). The van der Waals surface area contributed by atoms with Gasteiger partial charge in [-0.3, -0.25) is 0 Å². The van der Waals surface area contributed by atoms with Crippen LogP contribution in [0.15, 0.2) is 30.5 Å². The van der Waals surface area contributed by atoms with E-state index in [0.717, 1.165) is 35.8 Å². The quantitative estimate of drug-likeness (QED) is 0.880. The van der Waals surface area contributed by atoms with Gasteiger partial charge in [-0.15, -0.1) is 0 Å². The van der Waals surface area contributed by atoms with Crippen molar-refractivity contribution in [1.29, 1.82) is 0 Å². The summed E-state index contributed by atoms with van der Waals surface area (Å²) < 4.78 is 5.24. The van der Waals surface area contributed by atoms with E-state index in [4.69, 9.17) is 4.74 Å². The minimum Gasteiger partial charge on any atom is -0.497 e. The van der Waals surface area contributed by atoms with Crippen LogP contribution in [0.4, 0.5) is 0 Å². The molecule has 0 spiro atoms. The molecule has 1 aromatic heterocycles. The van der Waals surface area contributed by atoms with Crippen molar-refractivity contribution < 1.29 is 4.74 Å². The van der Waals surface area contributed by atoms with Gasteiger partial charge >= 0.3 is 0 Å². The van der Waals surface area contributed by atoms with E-state index in [0.29, 0.717) is 0 Å². The minimum absolute atomic E-state index is 0.141. The molecular formula is C16H23N3O. The van der Waals surface area contributed by atoms with E-state index >= 15 is 0 Å². The summed E-state index contributed by atoms with van der Waals surface area (Å²) in [6.07, 6.45) is 2.77. The van der Waals surface area contributed by atoms with E-state index in [1.165, 1.54) is 0 Å². The Morgan fingerprint density at radius 3 is 2.80 bits per heavy atom. The zero-order valence-corrected chi connectivity index (χ0v) is 12.7. The smallest absolute Gasteiger partial charge is 0.119 e. The molecule has 108 valence electrons. The average molecular weight is 273 g/mol. The molecule has 0 radical (unpaired) electrons. The molecule has 4 heteroatoms. The van der Waals surface area contributed by atoms with Gasteiger partial charge in [0.05, 0.1) is 19.0 Å². The largest absolute Gasteiger partial charge is 0.497 e. The second-order valence-electron chi connectivity index (χ2n) is 5.90. The Morgan fingerprint density at radius 1 is 1.30 bits per heavy atom. The molecule has 0 unspecified atom stereocenters. The van der Waals surface area contributed by atoms with E-state index in [9.17, 15) is 0 Å². The molecule has 0 aliphatic heterocycles. The van der Waals surface area contributed by atoms with Crippen LogP contribution in [0.3, 0.4) is 0 Å². The zero-order chi connectivity index (χ0) is 14.6. The zero-order valence-electron chi connectivity index (χ0n) is 12.7. The van der Waals surface area contributed by atoms with E-state index in [1.807, 2.05) is 30.5 Å². The van der Waals surface area contributed by atoms with Crippen LogP contribution < -0.4 is 10.1 Å². The van der Waals surface area contributed by atoms with Crippen LogP contribution in [0.2, 0.25) is 0 Å². The lowest BCUT2D eigenvalue weighted by Gasteiger charge is -2.19. The Bertz CT molecular complexity index is 555. The number of methoxy groups -OCH3 is 1. The van der Waals surface area contributed by atoms with E-state index in [2.05, 4.69) is 36.1 Å². The second kappa shape index (κ2) is 6.09. The Labute approximate surface area is 120 Å². The van der Waals surface area contributed by atoms with Gasteiger partial charge in [-0.25, -0.2) is 4.98 Å². The second-order valence-corrected chi connectivity index (χ2v) is 5.90. The van der Waals surface area contributed by atoms with Crippen molar-refractivity contribution >= 4 is 0 Å². The van der Waals surface area contributed by atoms with Gasteiger partial charge in [0.2, 0.25) is 0 Å². The first-order valence-electron chi connectivity index (χ1n) is 6.91. The summed E-state index contributed by atoms with van der Waals surface area (Å²) in [5.41, 5.74) is 2.25. The summed E-state index contributed by atoms with van der Waals surface area (Å²) in [5, 5.41) is 3.46. The van der Waals surface area contributed by atoms with Crippen LogP contribution in [0, 0.1) is 0 Å². The van der Waals surface area contributed by atoms with Crippen molar-refractivity contribution in [2.45, 2.75) is 32.7 Å². The molecule has 0 atom stereocenters. The van der Waals surface area contributed by atoms with Gasteiger partial charge in [0.1, 0.15) is 11.6 Å². The first-order valence-corrected chi connectivity index (χ1v) is 6.91. The van der Waals surface area contributed by atoms with Gasteiger partial charge in [-0.05, 0) is 32.9 Å². The minimum atomic E-state index is 0.141. The van der Waals surface area contributed by atoms with E-state index < -0.39 is 0 Å². The van der Waals surface area contributed by atoms with Crippen LogP contribution >= 0.6 is 0 Å². The summed E-state index contributed by atoms with van der Waals surface area (Å²) in [7, 11) is 1.68. The van der Waals surface area contributed by atoms with Crippen LogP contribution in [0.1, 0.15) is 26.6 Å². The SMILES string of the molecule is COc1cccc(-c2cnc(CCNC(C)(C)C)[nH]2)c1. The molecule has 20 heavy (non-hydrogen) atoms. The van der Waals surface area contributed by atoms with Crippen LogP contribution in [0.25, 0.3) is 11.3 Å². The maximum Gasteiger partial charge on any atom is 0.119 e. The predicted octanol–water partition coefficient (Wildman–Crippen LogP) is 3.02. The molecule has 1 heterocycles. The molecule has 0 fully saturated rings. The molecule has 0 saturated heterocycles. The van der Waals surface area contributed by atoms with Crippen molar-refractivity contribution in [3.8, 4) is 17.0 Å².